The van der Waals surface area contributed by atoms with E-state index in [1.165, 1.54) is 18.0 Å². The maximum atomic E-state index is 12.4. The summed E-state index contributed by atoms with van der Waals surface area (Å²) in [5.41, 5.74) is -0.0947. The van der Waals surface area contributed by atoms with Gasteiger partial charge in [-0.1, -0.05) is 0 Å². The number of hydrogen-bond acceptors (Lipinski definition) is 4. The van der Waals surface area contributed by atoms with E-state index in [2.05, 4.69) is 5.10 Å². The lowest BCUT2D eigenvalue weighted by molar-refractivity contribution is 0.0579. The zero-order valence-corrected chi connectivity index (χ0v) is 12.5. The van der Waals surface area contributed by atoms with Crippen LogP contribution in [0.15, 0.2) is 6.20 Å². The Kier molecular flexibility index (Phi) is 3.83. The molecule has 110 valence electrons. The minimum Gasteiger partial charge on any atom is -0.443 e. The second-order valence-corrected chi connectivity index (χ2v) is 6.00. The number of nitrogens with zero attached hydrogens (tertiary/aromatic N) is 3. The van der Waals surface area contributed by atoms with Crippen LogP contribution in [0.2, 0.25) is 0 Å². The molecule has 6 nitrogen and oxygen atoms in total. The Balaban J connectivity index is 2.38. The van der Waals surface area contributed by atoms with E-state index >= 15 is 0 Å². The molecule has 0 saturated carbocycles. The highest BCUT2D eigenvalue weighted by atomic mass is 16.6. The van der Waals surface area contributed by atoms with Crippen molar-refractivity contribution < 1.29 is 14.3 Å². The Morgan fingerprint density at radius 3 is 2.50 bits per heavy atom. The van der Waals surface area contributed by atoms with Crippen molar-refractivity contribution in [2.24, 2.45) is 0 Å². The molecule has 0 fully saturated rings. The number of fused-ring (bicyclic) bond motifs is 1. The van der Waals surface area contributed by atoms with Crippen LogP contribution in [0, 0.1) is 0 Å². The summed E-state index contributed by atoms with van der Waals surface area (Å²) in [4.78, 5) is 25.6. The summed E-state index contributed by atoms with van der Waals surface area (Å²) in [7, 11) is 0. The second-order valence-electron chi connectivity index (χ2n) is 6.00. The van der Waals surface area contributed by atoms with Gasteiger partial charge in [-0.3, -0.25) is 9.69 Å². The molecule has 2 rings (SSSR count). The molecule has 1 aliphatic rings. The van der Waals surface area contributed by atoms with Crippen molar-refractivity contribution in [1.29, 1.82) is 0 Å². The highest BCUT2D eigenvalue weighted by Gasteiger charge is 2.30. The first kappa shape index (κ1) is 14.6. The molecule has 0 unspecified atom stereocenters. The molecular weight excluding hydrogens is 258 g/mol. The van der Waals surface area contributed by atoms with Gasteiger partial charge in [0.1, 0.15) is 11.4 Å². The van der Waals surface area contributed by atoms with Crippen LogP contribution in [0.25, 0.3) is 0 Å². The van der Waals surface area contributed by atoms with Crippen LogP contribution in [-0.2, 0) is 11.3 Å². The molecule has 0 atom stereocenters. The van der Waals surface area contributed by atoms with Crippen molar-refractivity contribution >= 4 is 17.7 Å². The molecule has 0 saturated heterocycles. The van der Waals surface area contributed by atoms with Crippen molar-refractivity contribution in [3.8, 4) is 0 Å². The summed E-state index contributed by atoms with van der Waals surface area (Å²) in [6, 6.07) is 0. The molecule has 0 N–H and O–H groups in total. The molecule has 1 aromatic rings. The van der Waals surface area contributed by atoms with Crippen LogP contribution in [0.3, 0.4) is 0 Å². The molecule has 6 heteroatoms. The van der Waals surface area contributed by atoms with E-state index in [9.17, 15) is 9.59 Å². The third kappa shape index (κ3) is 3.00. The average Bonchev–Trinajstić information content (AvgIpc) is 2.60. The van der Waals surface area contributed by atoms with Gasteiger partial charge in [-0.2, -0.15) is 5.10 Å². The molecule has 2 heterocycles. The smallest absolute Gasteiger partial charge is 0.416 e. The van der Waals surface area contributed by atoms with Gasteiger partial charge in [0.25, 0.3) is 0 Å². The van der Waals surface area contributed by atoms with Gasteiger partial charge in [0.2, 0.25) is 0 Å². The number of aromatic nitrogens is 2. The van der Waals surface area contributed by atoms with Crippen LogP contribution in [-0.4, -0.2) is 33.8 Å². The predicted octanol–water partition coefficient (Wildman–Crippen LogP) is 2.62. The number of carbonyl (C=O) groups is 2. The minimum absolute atomic E-state index is 0.0956. The summed E-state index contributed by atoms with van der Waals surface area (Å²) < 4.78 is 7.14. The maximum Gasteiger partial charge on any atom is 0.416 e. The fourth-order valence-corrected chi connectivity index (χ4v) is 2.21. The lowest BCUT2D eigenvalue weighted by Crippen LogP contribution is -2.38. The molecule has 1 aliphatic heterocycles. The molecule has 1 aromatic heterocycles. The summed E-state index contributed by atoms with van der Waals surface area (Å²) in [6.07, 6.45) is 2.88. The second kappa shape index (κ2) is 5.26. The van der Waals surface area contributed by atoms with E-state index in [0.29, 0.717) is 24.5 Å². The summed E-state index contributed by atoms with van der Waals surface area (Å²) in [5.74, 6) is 0.464. The van der Waals surface area contributed by atoms with Gasteiger partial charge in [-0.15, -0.1) is 0 Å². The van der Waals surface area contributed by atoms with Crippen molar-refractivity contribution in [3.63, 3.8) is 0 Å². The van der Waals surface area contributed by atoms with Crippen LogP contribution in [0.5, 0.6) is 0 Å². The van der Waals surface area contributed by atoms with E-state index in [1.807, 2.05) is 20.8 Å². The zero-order valence-electron chi connectivity index (χ0n) is 12.5. The summed E-state index contributed by atoms with van der Waals surface area (Å²) in [6.45, 7) is 8.21. The average molecular weight is 279 g/mol. The first-order valence-electron chi connectivity index (χ1n) is 6.87. The van der Waals surface area contributed by atoms with Gasteiger partial charge < -0.3 is 4.74 Å². The monoisotopic (exact) mass is 279 g/mol. The van der Waals surface area contributed by atoms with E-state index < -0.39 is 11.7 Å². The number of Topliss-reactive ketones (excluding diaryl/α,β-unsaturated/α-hetero) is 1. The fourth-order valence-electron chi connectivity index (χ4n) is 2.21. The van der Waals surface area contributed by atoms with E-state index in [0.717, 1.165) is 12.8 Å². The molecule has 0 spiro atoms. The van der Waals surface area contributed by atoms with Crippen molar-refractivity contribution in [2.75, 3.05) is 11.4 Å². The summed E-state index contributed by atoms with van der Waals surface area (Å²) >= 11 is 0. The number of aryl methyl sites for hydroxylation is 1. The Bertz CT molecular complexity index is 528. The van der Waals surface area contributed by atoms with Gasteiger partial charge in [-0.25, -0.2) is 9.48 Å². The molecule has 0 aromatic carbocycles. The van der Waals surface area contributed by atoms with Crippen molar-refractivity contribution in [2.45, 2.75) is 52.7 Å². The topological polar surface area (TPSA) is 64.4 Å². The largest absolute Gasteiger partial charge is 0.443 e. The number of carbonyl (C=O) groups excluding carboxylic acids is 2. The molecule has 0 aliphatic carbocycles. The molecule has 1 amide bonds. The zero-order chi connectivity index (χ0) is 14.9. The standard InChI is InChI=1S/C14H21N3O3/c1-10(18)11-9-15-17-8-6-5-7-16(12(11)17)13(19)20-14(2,3)4/h9H,5-8H2,1-4H3. The Morgan fingerprint density at radius 2 is 1.90 bits per heavy atom. The Labute approximate surface area is 118 Å². The van der Waals surface area contributed by atoms with Crippen molar-refractivity contribution in [3.05, 3.63) is 11.8 Å². The SMILES string of the molecule is CC(=O)c1cnn2c1N(C(=O)OC(C)(C)C)CCCC2. The number of hydrogen-bond donors (Lipinski definition) is 0. The van der Waals surface area contributed by atoms with Crippen LogP contribution >= 0.6 is 0 Å². The van der Waals surface area contributed by atoms with Gasteiger partial charge >= 0.3 is 6.09 Å². The molecule has 0 bridgehead atoms. The minimum atomic E-state index is -0.565. The van der Waals surface area contributed by atoms with Crippen molar-refractivity contribution in [1.82, 2.24) is 9.78 Å². The lowest BCUT2D eigenvalue weighted by atomic mass is 10.2. The van der Waals surface area contributed by atoms with Gasteiger partial charge in [-0.05, 0) is 40.5 Å². The molecular formula is C14H21N3O3. The number of ketones is 1. The van der Waals surface area contributed by atoms with E-state index in [-0.39, 0.29) is 5.78 Å². The molecule has 0 radical (unpaired) electrons. The van der Waals surface area contributed by atoms with Crippen LogP contribution < -0.4 is 4.90 Å². The van der Waals surface area contributed by atoms with E-state index in [1.54, 1.807) is 4.68 Å². The number of rotatable bonds is 1. The Morgan fingerprint density at radius 1 is 1.25 bits per heavy atom. The first-order valence-corrected chi connectivity index (χ1v) is 6.87. The lowest BCUT2D eigenvalue weighted by Gasteiger charge is -2.26. The predicted molar refractivity (Wildman–Crippen MR) is 75.0 cm³/mol. The third-order valence-electron chi connectivity index (χ3n) is 3.06. The van der Waals surface area contributed by atoms with Gasteiger partial charge in [0.15, 0.2) is 5.78 Å². The van der Waals surface area contributed by atoms with Gasteiger partial charge in [0.05, 0.1) is 11.8 Å². The van der Waals surface area contributed by atoms with Crippen LogP contribution in [0.1, 0.15) is 50.9 Å². The van der Waals surface area contributed by atoms with Gasteiger partial charge in [0, 0.05) is 13.1 Å². The normalized spacial score (nSPS) is 15.5. The quantitative estimate of drug-likeness (QED) is 0.741. The molecule has 20 heavy (non-hydrogen) atoms. The summed E-state index contributed by atoms with van der Waals surface area (Å²) in [5, 5.41) is 4.21. The highest BCUT2D eigenvalue weighted by molar-refractivity contribution is 6.02. The van der Waals surface area contributed by atoms with E-state index in [4.69, 9.17) is 4.74 Å². The number of amides is 1. The number of ether oxygens (including phenoxy) is 1. The van der Waals surface area contributed by atoms with Crippen LogP contribution in [0.4, 0.5) is 10.6 Å². The first-order chi connectivity index (χ1) is 9.29. The fraction of sp³-hybridized carbons (Fsp3) is 0.643. The maximum absolute atomic E-state index is 12.4. The number of anilines is 1. The third-order valence-corrected chi connectivity index (χ3v) is 3.06. The Hall–Kier alpha value is -1.85. The highest BCUT2D eigenvalue weighted by Crippen LogP contribution is 2.26.